The van der Waals surface area contributed by atoms with Crippen molar-refractivity contribution in [2.45, 2.75) is 13.3 Å². The normalized spacial score (nSPS) is 10.8. The summed E-state index contributed by atoms with van der Waals surface area (Å²) in [5.74, 6) is 0.720. The van der Waals surface area contributed by atoms with Crippen molar-refractivity contribution >= 4 is 26.8 Å². The molecule has 3 nitrogen and oxygen atoms in total. The second kappa shape index (κ2) is 6.36. The van der Waals surface area contributed by atoms with Crippen molar-refractivity contribution in [2.24, 2.45) is 0 Å². The van der Waals surface area contributed by atoms with Crippen LogP contribution in [-0.2, 0) is 0 Å². The number of pyridine rings is 1. The number of fused-ring (bicyclic) bond motifs is 1. The number of rotatable bonds is 4. The Morgan fingerprint density at radius 1 is 1.18 bits per heavy atom. The van der Waals surface area contributed by atoms with E-state index in [-0.39, 0.29) is 5.43 Å². The number of halogens is 1. The zero-order chi connectivity index (χ0) is 15.5. The highest BCUT2D eigenvalue weighted by atomic mass is 79.9. The maximum Gasteiger partial charge on any atom is 0.197 e. The second-order valence-electron chi connectivity index (χ2n) is 5.07. The number of benzene rings is 2. The first-order valence-corrected chi connectivity index (χ1v) is 8.03. The van der Waals surface area contributed by atoms with Gasteiger partial charge in [0.05, 0.1) is 12.1 Å². The van der Waals surface area contributed by atoms with Gasteiger partial charge in [0.2, 0.25) is 0 Å². The zero-order valence-corrected chi connectivity index (χ0v) is 13.8. The third kappa shape index (κ3) is 2.79. The van der Waals surface area contributed by atoms with E-state index in [2.05, 4.69) is 27.8 Å². The minimum absolute atomic E-state index is 0.00815. The van der Waals surface area contributed by atoms with Gasteiger partial charge < -0.3 is 9.72 Å². The molecule has 112 valence electrons. The summed E-state index contributed by atoms with van der Waals surface area (Å²) < 4.78 is 6.66. The van der Waals surface area contributed by atoms with Crippen LogP contribution in [0.2, 0.25) is 0 Å². The first kappa shape index (κ1) is 14.9. The van der Waals surface area contributed by atoms with Crippen LogP contribution in [0.3, 0.4) is 0 Å². The molecule has 0 bridgehead atoms. The molecule has 4 heteroatoms. The molecule has 0 atom stereocenters. The van der Waals surface area contributed by atoms with Crippen LogP contribution in [-0.4, -0.2) is 11.6 Å². The largest absolute Gasteiger partial charge is 0.491 e. The number of aromatic amines is 1. The Bertz CT molecular complexity index is 870. The monoisotopic (exact) mass is 357 g/mol. The standard InChI is InChI=1S/C18H16BrNO2/c1-2-9-22-16-8-4-7-14-17(16)20-11-15(18(14)21)12-5-3-6-13(19)10-12/h3-8,10-11H,2,9H2,1H3,(H,20,21). The molecule has 0 spiro atoms. The summed E-state index contributed by atoms with van der Waals surface area (Å²) in [6, 6.07) is 13.3. The molecule has 3 aromatic rings. The average Bonchev–Trinajstić information content (AvgIpc) is 2.53. The Labute approximate surface area is 137 Å². The minimum Gasteiger partial charge on any atom is -0.491 e. The molecule has 1 N–H and O–H groups in total. The van der Waals surface area contributed by atoms with Crippen LogP contribution >= 0.6 is 15.9 Å². The summed E-state index contributed by atoms with van der Waals surface area (Å²) in [5.41, 5.74) is 2.30. The zero-order valence-electron chi connectivity index (χ0n) is 12.2. The quantitative estimate of drug-likeness (QED) is 0.732. The van der Waals surface area contributed by atoms with Crippen molar-refractivity contribution in [3.05, 3.63) is 63.4 Å². The third-order valence-electron chi connectivity index (χ3n) is 3.47. The van der Waals surface area contributed by atoms with Crippen molar-refractivity contribution in [1.29, 1.82) is 0 Å². The van der Waals surface area contributed by atoms with Gasteiger partial charge in [0.15, 0.2) is 5.43 Å². The Hall–Kier alpha value is -2.07. The molecule has 0 amide bonds. The number of hydrogen-bond acceptors (Lipinski definition) is 2. The molecule has 0 unspecified atom stereocenters. The summed E-state index contributed by atoms with van der Waals surface area (Å²) in [7, 11) is 0. The van der Waals surface area contributed by atoms with E-state index in [1.807, 2.05) is 42.5 Å². The molecule has 0 fully saturated rings. The van der Waals surface area contributed by atoms with Gasteiger partial charge in [-0.15, -0.1) is 0 Å². The first-order chi connectivity index (χ1) is 10.7. The number of H-pyrrole nitrogens is 1. The second-order valence-corrected chi connectivity index (χ2v) is 5.98. The predicted octanol–water partition coefficient (Wildman–Crippen LogP) is 4.75. The van der Waals surface area contributed by atoms with Gasteiger partial charge in [0.1, 0.15) is 5.75 Å². The molecule has 0 aliphatic carbocycles. The van der Waals surface area contributed by atoms with Gasteiger partial charge in [0.25, 0.3) is 0 Å². The number of ether oxygens (including phenoxy) is 1. The Morgan fingerprint density at radius 3 is 2.77 bits per heavy atom. The number of para-hydroxylation sites is 1. The molecule has 0 aliphatic rings. The molecular weight excluding hydrogens is 342 g/mol. The van der Waals surface area contributed by atoms with E-state index in [9.17, 15) is 4.79 Å². The fourth-order valence-electron chi connectivity index (χ4n) is 2.43. The number of nitrogens with one attached hydrogen (secondary N) is 1. The van der Waals surface area contributed by atoms with Crippen molar-refractivity contribution in [3.63, 3.8) is 0 Å². The van der Waals surface area contributed by atoms with Gasteiger partial charge in [-0.1, -0.05) is 41.1 Å². The Balaban J connectivity index is 2.16. The Kier molecular flexibility index (Phi) is 4.29. The van der Waals surface area contributed by atoms with Crippen molar-refractivity contribution < 1.29 is 4.74 Å². The molecule has 3 rings (SSSR count). The fraction of sp³-hybridized carbons (Fsp3) is 0.167. The van der Waals surface area contributed by atoms with Gasteiger partial charge in [-0.25, -0.2) is 0 Å². The van der Waals surface area contributed by atoms with Gasteiger partial charge >= 0.3 is 0 Å². The smallest absolute Gasteiger partial charge is 0.197 e. The van der Waals surface area contributed by atoms with E-state index in [0.29, 0.717) is 17.6 Å². The van der Waals surface area contributed by atoms with E-state index < -0.39 is 0 Å². The maximum absolute atomic E-state index is 12.8. The Morgan fingerprint density at radius 2 is 2.00 bits per heavy atom. The van der Waals surface area contributed by atoms with E-state index in [4.69, 9.17) is 4.74 Å². The number of aromatic nitrogens is 1. The van der Waals surface area contributed by atoms with Gasteiger partial charge in [0, 0.05) is 21.6 Å². The topological polar surface area (TPSA) is 42.1 Å². The van der Waals surface area contributed by atoms with E-state index >= 15 is 0 Å². The molecular formula is C18H16BrNO2. The van der Waals surface area contributed by atoms with Crippen molar-refractivity contribution in [1.82, 2.24) is 4.98 Å². The van der Waals surface area contributed by atoms with E-state index in [1.54, 1.807) is 6.20 Å². The summed E-state index contributed by atoms with van der Waals surface area (Å²) in [5, 5.41) is 0.645. The molecule has 1 aromatic heterocycles. The van der Waals surface area contributed by atoms with Crippen LogP contribution in [0.15, 0.2) is 57.9 Å². The third-order valence-corrected chi connectivity index (χ3v) is 3.97. The van der Waals surface area contributed by atoms with Crippen molar-refractivity contribution in [2.75, 3.05) is 6.61 Å². The molecule has 1 heterocycles. The highest BCUT2D eigenvalue weighted by molar-refractivity contribution is 9.10. The fourth-order valence-corrected chi connectivity index (χ4v) is 2.83. The molecule has 0 radical (unpaired) electrons. The minimum atomic E-state index is 0.00815. The van der Waals surface area contributed by atoms with Crippen molar-refractivity contribution in [3.8, 4) is 16.9 Å². The number of hydrogen-bond donors (Lipinski definition) is 1. The van der Waals surface area contributed by atoms with Gasteiger partial charge in [-0.05, 0) is 36.2 Å². The van der Waals surface area contributed by atoms with Crippen LogP contribution in [0.1, 0.15) is 13.3 Å². The van der Waals surface area contributed by atoms with Crippen LogP contribution in [0.25, 0.3) is 22.0 Å². The lowest BCUT2D eigenvalue weighted by Gasteiger charge is -2.09. The molecule has 0 saturated carbocycles. The first-order valence-electron chi connectivity index (χ1n) is 7.24. The summed E-state index contributed by atoms with van der Waals surface area (Å²) >= 11 is 3.44. The lowest BCUT2D eigenvalue weighted by Crippen LogP contribution is -2.07. The van der Waals surface area contributed by atoms with E-state index in [1.165, 1.54) is 0 Å². The summed E-state index contributed by atoms with van der Waals surface area (Å²) in [6.07, 6.45) is 2.68. The van der Waals surface area contributed by atoms with Crippen LogP contribution in [0.5, 0.6) is 5.75 Å². The van der Waals surface area contributed by atoms with Crippen LogP contribution in [0, 0.1) is 0 Å². The predicted molar refractivity (Wildman–Crippen MR) is 93.5 cm³/mol. The highest BCUT2D eigenvalue weighted by Gasteiger charge is 2.10. The SMILES string of the molecule is CCCOc1cccc2c(=O)c(-c3cccc(Br)c3)c[nH]c12. The van der Waals surface area contributed by atoms with Crippen LogP contribution in [0.4, 0.5) is 0 Å². The molecule has 0 saturated heterocycles. The lowest BCUT2D eigenvalue weighted by molar-refractivity contribution is 0.320. The molecule has 0 aliphatic heterocycles. The average molecular weight is 358 g/mol. The van der Waals surface area contributed by atoms with Crippen LogP contribution < -0.4 is 10.2 Å². The molecule has 22 heavy (non-hydrogen) atoms. The highest BCUT2D eigenvalue weighted by Crippen LogP contribution is 2.25. The van der Waals surface area contributed by atoms with Gasteiger partial charge in [-0.3, -0.25) is 4.79 Å². The van der Waals surface area contributed by atoms with E-state index in [0.717, 1.165) is 27.7 Å². The van der Waals surface area contributed by atoms with Gasteiger partial charge in [-0.2, -0.15) is 0 Å². The summed E-state index contributed by atoms with van der Waals surface area (Å²) in [4.78, 5) is 16.0. The summed E-state index contributed by atoms with van der Waals surface area (Å²) in [6.45, 7) is 2.69. The maximum atomic E-state index is 12.8. The molecule has 2 aromatic carbocycles. The lowest BCUT2D eigenvalue weighted by atomic mass is 10.0.